The maximum absolute atomic E-state index is 14.4. The third-order valence-corrected chi connectivity index (χ3v) is 15.7. The van der Waals surface area contributed by atoms with Crippen LogP contribution in [-0.4, -0.2) is 74.9 Å². The molecule has 0 bridgehead atoms. The van der Waals surface area contributed by atoms with Gasteiger partial charge in [-0.15, -0.1) is 17.9 Å². The van der Waals surface area contributed by atoms with Crippen LogP contribution >= 0.6 is 11.3 Å². The molecule has 1 fully saturated rings. The Hall–Kier alpha value is -3.78. The van der Waals surface area contributed by atoms with Gasteiger partial charge in [-0.2, -0.15) is 0 Å². The highest BCUT2D eigenvalue weighted by Gasteiger charge is 2.39. The monoisotopic (exact) mass is 782 g/mol. The summed E-state index contributed by atoms with van der Waals surface area (Å²) in [6.07, 6.45) is 5.67. The van der Waals surface area contributed by atoms with Crippen molar-refractivity contribution in [1.29, 1.82) is 0 Å². The number of benzene rings is 1. The van der Waals surface area contributed by atoms with Crippen LogP contribution in [0.1, 0.15) is 82.5 Å². The van der Waals surface area contributed by atoms with Crippen molar-refractivity contribution in [3.8, 4) is 5.75 Å². The molecule has 1 aliphatic rings. The molecule has 0 spiro atoms. The minimum Gasteiger partial charge on any atom is -0.543 e. The summed E-state index contributed by atoms with van der Waals surface area (Å²) in [5.41, 5.74) is 3.86. The van der Waals surface area contributed by atoms with E-state index >= 15 is 0 Å². The summed E-state index contributed by atoms with van der Waals surface area (Å²) >= 11 is 1.49. The van der Waals surface area contributed by atoms with Crippen molar-refractivity contribution >= 4 is 49.4 Å². The summed E-state index contributed by atoms with van der Waals surface area (Å²) in [7, 11) is -0.596. The zero-order chi connectivity index (χ0) is 40.2. The number of hydrogen-bond donors (Lipinski definition) is 3. The Bertz CT molecular complexity index is 1600. The quantitative estimate of drug-likeness (QED) is 0.0805. The van der Waals surface area contributed by atoms with Gasteiger partial charge in [-0.3, -0.25) is 24.2 Å². The first-order chi connectivity index (χ1) is 25.4. The molecular weight excluding hydrogens is 721 g/mol. The molecule has 0 saturated carbocycles. The Kier molecular flexibility index (Phi) is 16.7. The average molecular weight is 783 g/mol. The van der Waals surface area contributed by atoms with Crippen molar-refractivity contribution in [1.82, 2.24) is 21.1 Å². The van der Waals surface area contributed by atoms with Gasteiger partial charge in [-0.05, 0) is 79.6 Å². The first kappa shape index (κ1) is 44.6. The van der Waals surface area contributed by atoms with Crippen molar-refractivity contribution in [2.24, 2.45) is 11.8 Å². The van der Waals surface area contributed by atoms with Crippen molar-refractivity contribution in [2.45, 2.75) is 123 Å². The number of nitrogens with one attached hydrogen (secondary N) is 3. The molecule has 3 N–H and O–H groups in total. The van der Waals surface area contributed by atoms with Gasteiger partial charge in [0, 0.05) is 29.8 Å². The second-order valence-electron chi connectivity index (χ2n) is 15.9. The standard InChI is InChI=1S/C41H62N4O7SSi/c1-12-14-20-35(50-9)28(5)37(46)43-36(27(3)4)38(47)42-34(25-29-17-15-18-30(24-29)52-54(10,11)41(6,7)8)39(48)45-23-16-19-33(44-45)40(49)51-26-32-22-21-31(13-2)53-32/h12-13,15,17-18,21-22,24,27-28,33-36,44H,1-2,14,16,19-20,23,25-26H2,3-11H3,(H,42,47)(H,43,46)/t28-,33?,34?,35-,36?/m1/s1. The predicted molar refractivity (Wildman–Crippen MR) is 218 cm³/mol. The van der Waals surface area contributed by atoms with E-state index in [9.17, 15) is 19.2 Å². The van der Waals surface area contributed by atoms with E-state index in [0.717, 1.165) is 15.3 Å². The molecule has 3 amide bonds. The minimum atomic E-state index is -2.16. The van der Waals surface area contributed by atoms with Crippen LogP contribution in [0.4, 0.5) is 0 Å². The van der Waals surface area contributed by atoms with Gasteiger partial charge < -0.3 is 24.5 Å². The van der Waals surface area contributed by atoms with Crippen molar-refractivity contribution < 1.29 is 33.1 Å². The van der Waals surface area contributed by atoms with Gasteiger partial charge in [0.25, 0.3) is 5.91 Å². The summed E-state index contributed by atoms with van der Waals surface area (Å²) in [4.78, 5) is 56.9. The van der Waals surface area contributed by atoms with Gasteiger partial charge in [0.1, 0.15) is 30.5 Å². The lowest BCUT2D eigenvalue weighted by Crippen LogP contribution is -2.62. The van der Waals surface area contributed by atoms with Crippen molar-refractivity contribution in [3.63, 3.8) is 0 Å². The Balaban J connectivity index is 1.85. The van der Waals surface area contributed by atoms with Gasteiger partial charge in [0.05, 0.1) is 12.0 Å². The number of nitrogens with zero attached hydrogens (tertiary/aromatic N) is 1. The molecule has 1 aromatic heterocycles. The van der Waals surface area contributed by atoms with Crippen LogP contribution in [0, 0.1) is 11.8 Å². The fourth-order valence-electron chi connectivity index (χ4n) is 5.85. The van der Waals surface area contributed by atoms with Gasteiger partial charge in [-0.1, -0.05) is 72.4 Å². The number of rotatable bonds is 19. The zero-order valence-electron chi connectivity index (χ0n) is 33.7. The molecule has 0 radical (unpaired) electrons. The van der Waals surface area contributed by atoms with Crippen molar-refractivity contribution in [2.75, 3.05) is 13.7 Å². The summed E-state index contributed by atoms with van der Waals surface area (Å²) in [5.74, 6) is -1.78. The van der Waals surface area contributed by atoms with E-state index in [-0.39, 0.29) is 36.0 Å². The zero-order valence-corrected chi connectivity index (χ0v) is 35.5. The van der Waals surface area contributed by atoms with Crippen LogP contribution in [-0.2, 0) is 41.7 Å². The highest BCUT2D eigenvalue weighted by molar-refractivity contribution is 7.12. The van der Waals surface area contributed by atoms with Crippen LogP contribution in [0.5, 0.6) is 5.75 Å². The normalized spacial score (nSPS) is 17.1. The second-order valence-corrected chi connectivity index (χ2v) is 21.8. The molecule has 298 valence electrons. The highest BCUT2D eigenvalue weighted by Crippen LogP contribution is 2.37. The van der Waals surface area contributed by atoms with Crippen LogP contribution in [0.25, 0.3) is 6.08 Å². The Morgan fingerprint density at radius 1 is 1.07 bits per heavy atom. The molecular formula is C41H62N4O7SSi. The Morgan fingerprint density at radius 3 is 2.41 bits per heavy atom. The molecule has 5 atom stereocenters. The van der Waals surface area contributed by atoms with E-state index in [1.54, 1.807) is 26.2 Å². The number of hydrazine groups is 1. The maximum atomic E-state index is 14.4. The van der Waals surface area contributed by atoms with Crippen LogP contribution in [0.3, 0.4) is 0 Å². The van der Waals surface area contributed by atoms with E-state index in [2.05, 4.69) is 63.1 Å². The topological polar surface area (TPSA) is 135 Å². The number of hydrogen-bond acceptors (Lipinski definition) is 9. The largest absolute Gasteiger partial charge is 0.543 e. The lowest BCUT2D eigenvalue weighted by Gasteiger charge is -2.36. The minimum absolute atomic E-state index is 0.0197. The molecule has 3 rings (SSSR count). The van der Waals surface area contributed by atoms with Gasteiger partial charge in [0.2, 0.25) is 20.1 Å². The Labute approximate surface area is 327 Å². The third kappa shape index (κ3) is 12.6. The number of thiophene rings is 1. The number of carbonyl (C=O) groups excluding carboxylic acids is 4. The summed E-state index contributed by atoms with van der Waals surface area (Å²) in [5, 5.41) is 7.28. The van der Waals surface area contributed by atoms with Crippen molar-refractivity contribution in [3.05, 3.63) is 70.9 Å². The molecule has 1 saturated heterocycles. The molecule has 1 aliphatic heterocycles. The van der Waals surface area contributed by atoms with E-state index in [0.29, 0.717) is 38.0 Å². The number of carbonyl (C=O) groups is 4. The fourth-order valence-corrected chi connectivity index (χ4v) is 7.65. The number of methoxy groups -OCH3 is 1. The third-order valence-electron chi connectivity index (χ3n) is 10.3. The number of allylic oxidation sites excluding steroid dienone is 1. The SMILES string of the molecule is C=CCC[C@@H](OC)[C@@H](C)C(=O)NC(C(=O)NC(Cc1cccc(O[Si](C)(C)C(C)(C)C)c1)C(=O)N1CCCC(C(=O)OCc2ccc(C=C)s2)N1)C(C)C. The number of esters is 1. The van der Waals surface area contributed by atoms with Crippen LogP contribution in [0.2, 0.25) is 18.1 Å². The first-order valence-corrected chi connectivity index (χ1v) is 22.6. The summed E-state index contributed by atoms with van der Waals surface area (Å²) in [6, 6.07) is 8.73. The molecule has 2 aromatic rings. The molecule has 13 heteroatoms. The molecule has 2 heterocycles. The highest BCUT2D eigenvalue weighted by atomic mass is 32.1. The number of amides is 3. The maximum Gasteiger partial charge on any atom is 0.325 e. The Morgan fingerprint density at radius 2 is 1.80 bits per heavy atom. The van der Waals surface area contributed by atoms with E-state index < -0.39 is 50.1 Å². The summed E-state index contributed by atoms with van der Waals surface area (Å²) < 4.78 is 17.8. The predicted octanol–water partition coefficient (Wildman–Crippen LogP) is 6.80. The van der Waals surface area contributed by atoms with Gasteiger partial charge >= 0.3 is 5.97 Å². The molecule has 3 unspecified atom stereocenters. The van der Waals surface area contributed by atoms with Gasteiger partial charge in [0.15, 0.2) is 0 Å². The van der Waals surface area contributed by atoms with E-state index in [1.807, 2.05) is 50.2 Å². The smallest absolute Gasteiger partial charge is 0.325 e. The second kappa shape index (κ2) is 20.2. The van der Waals surface area contributed by atoms with E-state index in [4.69, 9.17) is 13.9 Å². The molecule has 11 nitrogen and oxygen atoms in total. The molecule has 0 aliphatic carbocycles. The summed E-state index contributed by atoms with van der Waals surface area (Å²) in [6.45, 7) is 24.3. The van der Waals surface area contributed by atoms with Crippen LogP contribution < -0.4 is 20.5 Å². The van der Waals surface area contributed by atoms with E-state index in [1.165, 1.54) is 16.3 Å². The first-order valence-electron chi connectivity index (χ1n) is 18.9. The fraction of sp³-hybridized carbons (Fsp3) is 0.561. The number of ether oxygens (including phenoxy) is 2. The lowest BCUT2D eigenvalue weighted by atomic mass is 9.96. The van der Waals surface area contributed by atoms with Gasteiger partial charge in [-0.25, -0.2) is 5.43 Å². The lowest BCUT2D eigenvalue weighted by molar-refractivity contribution is -0.154. The molecule has 1 aromatic carbocycles. The van der Waals surface area contributed by atoms with Crippen LogP contribution in [0.15, 0.2) is 55.6 Å². The average Bonchev–Trinajstić information content (AvgIpc) is 3.60. The molecule has 54 heavy (non-hydrogen) atoms.